The van der Waals surface area contributed by atoms with Crippen molar-refractivity contribution in [3.05, 3.63) is 114 Å². The third kappa shape index (κ3) is 9.73. The summed E-state index contributed by atoms with van der Waals surface area (Å²) in [6, 6.07) is 25.2. The number of anilines is 1. The molecule has 1 saturated carbocycles. The lowest BCUT2D eigenvalue weighted by atomic mass is 9.92. The molecule has 4 aromatic carbocycles. The Morgan fingerprint density at radius 1 is 0.766 bits per heavy atom. The number of para-hydroxylation sites is 1. The van der Waals surface area contributed by atoms with Crippen molar-refractivity contribution in [3.63, 3.8) is 0 Å². The molecule has 1 fully saturated rings. The molecule has 0 aromatic heterocycles. The van der Waals surface area contributed by atoms with Crippen LogP contribution in [0.4, 0.5) is 18.9 Å². The van der Waals surface area contributed by atoms with E-state index in [1.165, 1.54) is 24.3 Å². The van der Waals surface area contributed by atoms with Crippen LogP contribution in [0.15, 0.2) is 97.1 Å². The first-order chi connectivity index (χ1) is 22.5. The van der Waals surface area contributed by atoms with Crippen molar-refractivity contribution in [1.82, 2.24) is 5.32 Å². The molecule has 0 atom stereocenters. The standard InChI is InChI=1S/C35H31F3N2O7/c36-35(37,38)47-29-5-3-4-23(21-29)33(42)39-24-10-14-26(15-11-24)46-28-18-16-27(17-19-28)45-25-12-8-22(9-13-25)20-32(41)40-31-7-2-1-6-30(31)34(43)44/h1-9,12-13,16-19,21,24,26H,10-11,14-15,20H2,(H,39,42)(H,40,41)(H,43,44). The molecule has 4 aromatic rings. The fraction of sp³-hybridized carbons (Fsp3) is 0.229. The summed E-state index contributed by atoms with van der Waals surface area (Å²) in [5.74, 6) is -0.553. The van der Waals surface area contributed by atoms with Crippen LogP contribution in [0.5, 0.6) is 23.0 Å². The smallest absolute Gasteiger partial charge is 0.490 e. The summed E-state index contributed by atoms with van der Waals surface area (Å²) in [4.78, 5) is 36.4. The zero-order valence-corrected chi connectivity index (χ0v) is 25.0. The predicted molar refractivity (Wildman–Crippen MR) is 166 cm³/mol. The lowest BCUT2D eigenvalue weighted by molar-refractivity contribution is -0.274. The molecule has 0 aliphatic heterocycles. The monoisotopic (exact) mass is 648 g/mol. The molecule has 0 unspecified atom stereocenters. The van der Waals surface area contributed by atoms with E-state index in [1.807, 2.05) is 0 Å². The highest BCUT2D eigenvalue weighted by atomic mass is 19.4. The molecule has 0 saturated heterocycles. The van der Waals surface area contributed by atoms with E-state index >= 15 is 0 Å². The Hall–Kier alpha value is -5.52. The lowest BCUT2D eigenvalue weighted by Crippen LogP contribution is -2.39. The number of hydrogen-bond donors (Lipinski definition) is 3. The van der Waals surface area contributed by atoms with Gasteiger partial charge in [-0.25, -0.2) is 4.79 Å². The number of amides is 2. The molecule has 47 heavy (non-hydrogen) atoms. The van der Waals surface area contributed by atoms with E-state index in [0.29, 0.717) is 42.9 Å². The number of carbonyl (C=O) groups excluding carboxylic acids is 2. The van der Waals surface area contributed by atoms with Gasteiger partial charge in [0.05, 0.1) is 23.8 Å². The molecule has 0 bridgehead atoms. The summed E-state index contributed by atoms with van der Waals surface area (Å²) in [7, 11) is 0. The maximum Gasteiger partial charge on any atom is 0.573 e. The normalized spacial score (nSPS) is 16.1. The van der Waals surface area contributed by atoms with Crippen molar-refractivity contribution in [2.45, 2.75) is 50.6 Å². The van der Waals surface area contributed by atoms with Gasteiger partial charge in [-0.3, -0.25) is 9.59 Å². The first kappa shape index (κ1) is 32.9. The molecule has 0 heterocycles. The van der Waals surface area contributed by atoms with Crippen LogP contribution in [-0.4, -0.2) is 41.4 Å². The van der Waals surface area contributed by atoms with E-state index in [9.17, 15) is 32.7 Å². The number of ether oxygens (including phenoxy) is 3. The van der Waals surface area contributed by atoms with Gasteiger partial charge in [0.25, 0.3) is 5.91 Å². The number of halogens is 3. The number of hydrogen-bond acceptors (Lipinski definition) is 6. The van der Waals surface area contributed by atoms with E-state index in [-0.39, 0.29) is 41.3 Å². The Morgan fingerprint density at radius 2 is 1.40 bits per heavy atom. The van der Waals surface area contributed by atoms with Crippen molar-refractivity contribution in [3.8, 4) is 23.0 Å². The van der Waals surface area contributed by atoms with E-state index in [2.05, 4.69) is 15.4 Å². The molecule has 0 spiro atoms. The fourth-order valence-electron chi connectivity index (χ4n) is 5.18. The van der Waals surface area contributed by atoms with Gasteiger partial charge in [0, 0.05) is 11.6 Å². The van der Waals surface area contributed by atoms with Crippen LogP contribution in [0.25, 0.3) is 0 Å². The third-order valence-electron chi connectivity index (χ3n) is 7.42. The lowest BCUT2D eigenvalue weighted by Gasteiger charge is -2.29. The Morgan fingerprint density at radius 3 is 2.06 bits per heavy atom. The van der Waals surface area contributed by atoms with Gasteiger partial charge < -0.3 is 30.0 Å². The first-order valence-corrected chi connectivity index (χ1v) is 14.8. The van der Waals surface area contributed by atoms with Crippen molar-refractivity contribution in [2.75, 3.05) is 5.32 Å². The number of aromatic carboxylic acids is 1. The third-order valence-corrected chi connectivity index (χ3v) is 7.42. The zero-order valence-electron chi connectivity index (χ0n) is 25.0. The molecular weight excluding hydrogens is 617 g/mol. The summed E-state index contributed by atoms with van der Waals surface area (Å²) in [5, 5.41) is 14.8. The van der Waals surface area contributed by atoms with Crippen LogP contribution in [0.1, 0.15) is 52.0 Å². The van der Waals surface area contributed by atoms with E-state index < -0.39 is 24.0 Å². The topological polar surface area (TPSA) is 123 Å². The average molecular weight is 649 g/mol. The zero-order chi connectivity index (χ0) is 33.4. The molecule has 2 amide bonds. The summed E-state index contributed by atoms with van der Waals surface area (Å²) in [6.07, 6.45) is -2.14. The van der Waals surface area contributed by atoms with Crippen LogP contribution >= 0.6 is 0 Å². The van der Waals surface area contributed by atoms with Gasteiger partial charge in [0.2, 0.25) is 5.91 Å². The number of nitrogens with one attached hydrogen (secondary N) is 2. The Labute approximate surface area is 268 Å². The fourth-order valence-corrected chi connectivity index (χ4v) is 5.18. The molecule has 9 nitrogen and oxygen atoms in total. The van der Waals surface area contributed by atoms with Gasteiger partial charge >= 0.3 is 12.3 Å². The minimum Gasteiger partial charge on any atom is -0.490 e. The van der Waals surface area contributed by atoms with Gasteiger partial charge in [0.15, 0.2) is 0 Å². The molecule has 12 heteroatoms. The number of benzene rings is 4. The summed E-state index contributed by atoms with van der Waals surface area (Å²) < 4.78 is 53.4. The van der Waals surface area contributed by atoms with Crippen molar-refractivity contribution < 1.29 is 46.9 Å². The number of carboxylic acid groups (broad SMARTS) is 1. The van der Waals surface area contributed by atoms with Crippen LogP contribution in [0, 0.1) is 0 Å². The minimum atomic E-state index is -4.83. The second-order valence-corrected chi connectivity index (χ2v) is 10.9. The molecule has 1 aliphatic carbocycles. The van der Waals surface area contributed by atoms with Gasteiger partial charge in [-0.05, 0) is 98.0 Å². The number of carboxylic acids is 1. The predicted octanol–water partition coefficient (Wildman–Crippen LogP) is 7.38. The van der Waals surface area contributed by atoms with Crippen molar-refractivity contribution >= 4 is 23.5 Å². The van der Waals surface area contributed by atoms with Gasteiger partial charge in [-0.2, -0.15) is 0 Å². The summed E-state index contributed by atoms with van der Waals surface area (Å²) in [6.45, 7) is 0. The second-order valence-electron chi connectivity index (χ2n) is 10.9. The van der Waals surface area contributed by atoms with Crippen LogP contribution in [0.2, 0.25) is 0 Å². The van der Waals surface area contributed by atoms with Gasteiger partial charge in [-0.15, -0.1) is 13.2 Å². The Kier molecular flexibility index (Phi) is 10.3. The molecule has 5 rings (SSSR count). The maximum absolute atomic E-state index is 12.6. The SMILES string of the molecule is O=C(Cc1ccc(Oc2ccc(OC3CCC(NC(=O)c4cccc(OC(F)(F)F)c4)CC3)cc2)cc1)Nc1ccccc1C(=O)O. The van der Waals surface area contributed by atoms with E-state index in [4.69, 9.17) is 9.47 Å². The minimum absolute atomic E-state index is 0.0166. The van der Waals surface area contributed by atoms with Crippen LogP contribution < -0.4 is 24.8 Å². The second kappa shape index (κ2) is 14.7. The van der Waals surface area contributed by atoms with E-state index in [0.717, 1.165) is 17.7 Å². The van der Waals surface area contributed by atoms with Crippen molar-refractivity contribution in [2.24, 2.45) is 0 Å². The highest BCUT2D eigenvalue weighted by molar-refractivity contribution is 6.01. The van der Waals surface area contributed by atoms with Gasteiger partial charge in [0.1, 0.15) is 23.0 Å². The number of carbonyl (C=O) groups is 3. The Balaban J connectivity index is 1.05. The number of rotatable bonds is 11. The quantitative estimate of drug-likeness (QED) is 0.155. The van der Waals surface area contributed by atoms with E-state index in [1.54, 1.807) is 60.7 Å². The molecular formula is C35H31F3N2O7. The maximum atomic E-state index is 12.6. The highest BCUT2D eigenvalue weighted by Crippen LogP contribution is 2.29. The Bertz CT molecular complexity index is 1700. The molecule has 244 valence electrons. The molecule has 3 N–H and O–H groups in total. The molecule has 1 aliphatic rings. The number of alkyl halides is 3. The summed E-state index contributed by atoms with van der Waals surface area (Å²) in [5.41, 5.74) is 1.07. The largest absolute Gasteiger partial charge is 0.573 e. The first-order valence-electron chi connectivity index (χ1n) is 14.8. The molecule has 0 radical (unpaired) electrons. The van der Waals surface area contributed by atoms with Crippen LogP contribution in [-0.2, 0) is 11.2 Å². The average Bonchev–Trinajstić information content (AvgIpc) is 3.03. The van der Waals surface area contributed by atoms with Crippen LogP contribution in [0.3, 0.4) is 0 Å². The van der Waals surface area contributed by atoms with Gasteiger partial charge in [-0.1, -0.05) is 30.3 Å². The summed E-state index contributed by atoms with van der Waals surface area (Å²) >= 11 is 0. The van der Waals surface area contributed by atoms with Crippen molar-refractivity contribution in [1.29, 1.82) is 0 Å². The highest BCUT2D eigenvalue weighted by Gasteiger charge is 2.31.